The third-order valence-electron chi connectivity index (χ3n) is 4.41. The van der Waals surface area contributed by atoms with Gasteiger partial charge in [0.05, 0.1) is 38.4 Å². The van der Waals surface area contributed by atoms with Crippen molar-refractivity contribution in [2.45, 2.75) is 6.92 Å². The van der Waals surface area contributed by atoms with Gasteiger partial charge in [-0.3, -0.25) is 0 Å². The molecule has 1 saturated heterocycles. The second-order valence-electron chi connectivity index (χ2n) is 6.27. The molecule has 2 aromatic carbocycles. The number of quaternary nitrogens is 1. The minimum Gasteiger partial charge on any atom is -0.358 e. The molecular weight excluding hydrogens is 287 g/mol. The van der Waals surface area contributed by atoms with Crippen LogP contribution >= 0.6 is 0 Å². The second kappa shape index (κ2) is 7.42. The fourth-order valence-electron chi connectivity index (χ4n) is 3.23. The molecule has 2 aromatic rings. The highest BCUT2D eigenvalue weighted by Gasteiger charge is 2.21. The van der Waals surface area contributed by atoms with Crippen LogP contribution in [0, 0.1) is 5.82 Å². The van der Waals surface area contributed by atoms with Crippen LogP contribution in [0.4, 0.5) is 10.1 Å². The number of para-hydroxylation sites is 1. The van der Waals surface area contributed by atoms with E-state index >= 15 is 0 Å². The van der Waals surface area contributed by atoms with E-state index in [1.807, 2.05) is 18.2 Å². The first-order valence-corrected chi connectivity index (χ1v) is 8.27. The van der Waals surface area contributed by atoms with Gasteiger partial charge in [0.25, 0.3) is 0 Å². The lowest BCUT2D eigenvalue weighted by Gasteiger charge is -2.34. The van der Waals surface area contributed by atoms with Crippen molar-refractivity contribution in [2.75, 3.05) is 37.6 Å². The molecule has 0 saturated carbocycles. The molecule has 1 aliphatic rings. The van der Waals surface area contributed by atoms with E-state index in [1.165, 1.54) is 11.1 Å². The van der Waals surface area contributed by atoms with Crippen molar-refractivity contribution >= 4 is 11.8 Å². The average Bonchev–Trinajstić information content (AvgIpc) is 2.57. The lowest BCUT2D eigenvalue weighted by molar-refractivity contribution is -0.895. The summed E-state index contributed by atoms with van der Waals surface area (Å²) in [7, 11) is 0. The fourth-order valence-corrected chi connectivity index (χ4v) is 3.23. The average molecular weight is 311 g/mol. The highest BCUT2D eigenvalue weighted by atomic mass is 19.1. The van der Waals surface area contributed by atoms with Gasteiger partial charge in [0.2, 0.25) is 0 Å². The van der Waals surface area contributed by atoms with Gasteiger partial charge in [-0.2, -0.15) is 0 Å². The van der Waals surface area contributed by atoms with Crippen LogP contribution in [0.25, 0.3) is 6.08 Å². The lowest BCUT2D eigenvalue weighted by atomic mass is 10.1. The number of rotatable bonds is 4. The van der Waals surface area contributed by atoms with E-state index < -0.39 is 0 Å². The van der Waals surface area contributed by atoms with E-state index in [-0.39, 0.29) is 5.82 Å². The van der Waals surface area contributed by atoms with Gasteiger partial charge >= 0.3 is 0 Å². The first-order valence-electron chi connectivity index (χ1n) is 8.27. The summed E-state index contributed by atoms with van der Waals surface area (Å²) in [5, 5.41) is 0. The monoisotopic (exact) mass is 311 g/mol. The molecule has 2 nitrogen and oxygen atoms in total. The molecule has 0 amide bonds. The third-order valence-corrected chi connectivity index (χ3v) is 4.41. The summed E-state index contributed by atoms with van der Waals surface area (Å²) < 4.78 is 13.9. The van der Waals surface area contributed by atoms with Crippen molar-refractivity contribution in [1.29, 1.82) is 0 Å². The molecule has 3 heteroatoms. The van der Waals surface area contributed by atoms with Crippen LogP contribution in [0.1, 0.15) is 12.5 Å². The number of nitrogens with one attached hydrogen (secondary N) is 1. The molecule has 23 heavy (non-hydrogen) atoms. The molecule has 120 valence electrons. The summed E-state index contributed by atoms with van der Waals surface area (Å²) in [6.07, 6.45) is 2.26. The zero-order chi connectivity index (χ0) is 16.1. The summed E-state index contributed by atoms with van der Waals surface area (Å²) in [5.74, 6) is -0.115. The molecule has 1 heterocycles. The zero-order valence-electron chi connectivity index (χ0n) is 13.6. The Morgan fingerprint density at radius 2 is 1.70 bits per heavy atom. The Morgan fingerprint density at radius 1 is 1.04 bits per heavy atom. The van der Waals surface area contributed by atoms with Gasteiger partial charge in [0.15, 0.2) is 0 Å². The summed E-state index contributed by atoms with van der Waals surface area (Å²) in [5.41, 5.74) is 3.39. The van der Waals surface area contributed by atoms with Crippen molar-refractivity contribution in [3.63, 3.8) is 0 Å². The van der Waals surface area contributed by atoms with Crippen LogP contribution in [0.3, 0.4) is 0 Å². The fraction of sp³-hybridized carbons (Fsp3) is 0.300. The molecule has 1 aliphatic heterocycles. The molecule has 0 unspecified atom stereocenters. The lowest BCUT2D eigenvalue weighted by Crippen LogP contribution is -3.15. The predicted molar refractivity (Wildman–Crippen MR) is 94.3 cm³/mol. The van der Waals surface area contributed by atoms with Crippen molar-refractivity contribution in [1.82, 2.24) is 0 Å². The third kappa shape index (κ3) is 4.20. The van der Waals surface area contributed by atoms with E-state index in [2.05, 4.69) is 42.2 Å². The molecule has 1 N–H and O–H groups in total. The molecule has 0 aliphatic carbocycles. The Morgan fingerprint density at radius 3 is 2.39 bits per heavy atom. The molecule has 0 aromatic heterocycles. The number of hydrogen-bond acceptors (Lipinski definition) is 1. The number of halogens is 1. The highest BCUT2D eigenvalue weighted by molar-refractivity contribution is 5.52. The maximum atomic E-state index is 13.9. The normalized spacial score (nSPS) is 16.6. The summed E-state index contributed by atoms with van der Waals surface area (Å²) >= 11 is 0. The van der Waals surface area contributed by atoms with Gasteiger partial charge in [-0.25, -0.2) is 4.39 Å². The van der Waals surface area contributed by atoms with Crippen LogP contribution < -0.4 is 9.80 Å². The van der Waals surface area contributed by atoms with E-state index in [1.54, 1.807) is 17.0 Å². The van der Waals surface area contributed by atoms with E-state index in [0.717, 1.165) is 38.4 Å². The largest absolute Gasteiger partial charge is 0.358 e. The van der Waals surface area contributed by atoms with Crippen LogP contribution in [0.5, 0.6) is 0 Å². The standard InChI is InChI=1S/C20H23FN2/c1-17(15-18-7-3-2-4-8-18)16-22-11-13-23(14-12-22)20-10-6-5-9-19(20)21/h2-10,15H,11-14,16H2,1H3/p+1/b17-15-. The summed E-state index contributed by atoms with van der Waals surface area (Å²) in [4.78, 5) is 3.73. The van der Waals surface area contributed by atoms with Crippen LogP contribution in [-0.2, 0) is 0 Å². The van der Waals surface area contributed by atoms with Gasteiger partial charge < -0.3 is 9.80 Å². The zero-order valence-corrected chi connectivity index (χ0v) is 13.6. The molecule has 3 rings (SSSR count). The van der Waals surface area contributed by atoms with E-state index in [0.29, 0.717) is 0 Å². The van der Waals surface area contributed by atoms with Crippen LogP contribution in [0.15, 0.2) is 60.2 Å². The minimum absolute atomic E-state index is 0.115. The molecule has 0 spiro atoms. The number of benzene rings is 2. The van der Waals surface area contributed by atoms with Crippen molar-refractivity contribution in [3.8, 4) is 0 Å². The van der Waals surface area contributed by atoms with Crippen LogP contribution in [-0.4, -0.2) is 32.7 Å². The smallest absolute Gasteiger partial charge is 0.146 e. The van der Waals surface area contributed by atoms with E-state index in [9.17, 15) is 4.39 Å². The van der Waals surface area contributed by atoms with Crippen molar-refractivity contribution < 1.29 is 9.29 Å². The van der Waals surface area contributed by atoms with Gasteiger partial charge in [-0.1, -0.05) is 48.5 Å². The number of nitrogens with zero attached hydrogens (tertiary/aromatic N) is 1. The van der Waals surface area contributed by atoms with Crippen molar-refractivity contribution in [2.24, 2.45) is 0 Å². The van der Waals surface area contributed by atoms with Crippen molar-refractivity contribution in [3.05, 3.63) is 71.6 Å². The maximum Gasteiger partial charge on any atom is 0.146 e. The molecule has 1 fully saturated rings. The van der Waals surface area contributed by atoms with E-state index in [4.69, 9.17) is 0 Å². The molecular formula is C20H24FN2+. The highest BCUT2D eigenvalue weighted by Crippen LogP contribution is 2.18. The predicted octanol–water partition coefficient (Wildman–Crippen LogP) is 2.63. The minimum atomic E-state index is -0.115. The Bertz CT molecular complexity index is 658. The molecule has 0 atom stereocenters. The Kier molecular flexibility index (Phi) is 5.09. The topological polar surface area (TPSA) is 7.68 Å². The quantitative estimate of drug-likeness (QED) is 0.912. The SMILES string of the molecule is C/C(=C/c1ccccc1)C[NH+]1CCN(c2ccccc2F)CC1. The Labute approximate surface area is 137 Å². The first-order chi connectivity index (χ1) is 11.2. The van der Waals surface area contributed by atoms with Gasteiger partial charge in [0, 0.05) is 0 Å². The second-order valence-corrected chi connectivity index (χ2v) is 6.27. The number of hydrogen-bond donors (Lipinski definition) is 1. The van der Waals surface area contributed by atoms with Gasteiger partial charge in [-0.15, -0.1) is 0 Å². The molecule has 0 radical (unpaired) electrons. The van der Waals surface area contributed by atoms with Gasteiger partial charge in [-0.05, 0) is 30.2 Å². The van der Waals surface area contributed by atoms with Crippen LogP contribution in [0.2, 0.25) is 0 Å². The Balaban J connectivity index is 1.55. The number of piperazine rings is 1. The first kappa shape index (κ1) is 15.8. The summed E-state index contributed by atoms with van der Waals surface area (Å²) in [6.45, 7) is 7.18. The molecule has 0 bridgehead atoms. The summed E-state index contributed by atoms with van der Waals surface area (Å²) in [6, 6.07) is 17.5. The Hall–Kier alpha value is -2.13. The maximum absolute atomic E-state index is 13.9. The number of anilines is 1. The van der Waals surface area contributed by atoms with Gasteiger partial charge in [0.1, 0.15) is 5.82 Å².